The maximum Gasteiger partial charge on any atom is 0.260 e. The van der Waals surface area contributed by atoms with E-state index >= 15 is 0 Å². The molecule has 0 radical (unpaired) electrons. The summed E-state index contributed by atoms with van der Waals surface area (Å²) >= 11 is 1.59. The van der Waals surface area contributed by atoms with Gasteiger partial charge in [-0.3, -0.25) is 4.79 Å². The van der Waals surface area contributed by atoms with Crippen LogP contribution in [0.15, 0.2) is 90.3 Å². The Hall–Kier alpha value is -4.56. The van der Waals surface area contributed by atoms with Crippen molar-refractivity contribution in [2.75, 3.05) is 11.9 Å². The zero-order chi connectivity index (χ0) is 24.5. The molecular formula is C28H21N5O2S. The van der Waals surface area contributed by atoms with E-state index in [1.54, 1.807) is 15.9 Å². The Bertz CT molecular complexity index is 1710. The molecule has 0 atom stereocenters. The van der Waals surface area contributed by atoms with Gasteiger partial charge in [0.05, 0.1) is 22.7 Å². The standard InChI is InChI=1S/C28H21N5O2S/c1-2-35-23-14-12-18-7-3-4-10-21(18)26(23)28(34)29-20-9-5-8-19(17-20)22-13-15-25-30-31-27(33(25)32-22)24-11-6-16-36-24/h3-17H,2H2,1H3,(H,29,34). The number of amides is 1. The molecule has 0 unspecified atom stereocenters. The minimum atomic E-state index is -0.227. The third kappa shape index (κ3) is 3.97. The van der Waals surface area contributed by atoms with Crippen molar-refractivity contribution in [3.63, 3.8) is 0 Å². The predicted molar refractivity (Wildman–Crippen MR) is 143 cm³/mol. The summed E-state index contributed by atoms with van der Waals surface area (Å²) in [6.45, 7) is 2.38. The SMILES string of the molecule is CCOc1ccc2ccccc2c1C(=O)Nc1cccc(-c2ccc3nnc(-c4cccs4)n3n2)c1. The number of aromatic nitrogens is 4. The molecule has 7 nitrogen and oxygen atoms in total. The van der Waals surface area contributed by atoms with Gasteiger partial charge in [-0.2, -0.15) is 9.61 Å². The minimum absolute atomic E-state index is 0.227. The summed E-state index contributed by atoms with van der Waals surface area (Å²) in [7, 11) is 0. The second-order valence-electron chi connectivity index (χ2n) is 8.12. The molecule has 1 N–H and O–H groups in total. The molecule has 3 heterocycles. The summed E-state index contributed by atoms with van der Waals surface area (Å²) in [4.78, 5) is 14.5. The molecule has 0 saturated carbocycles. The lowest BCUT2D eigenvalue weighted by Crippen LogP contribution is -2.14. The highest BCUT2D eigenvalue weighted by Crippen LogP contribution is 2.30. The Balaban J connectivity index is 1.35. The smallest absolute Gasteiger partial charge is 0.260 e. The van der Waals surface area contributed by atoms with Crippen LogP contribution >= 0.6 is 11.3 Å². The molecule has 6 aromatic rings. The lowest BCUT2D eigenvalue weighted by atomic mass is 10.0. The van der Waals surface area contributed by atoms with Crippen molar-refractivity contribution in [3.05, 3.63) is 95.9 Å². The molecule has 0 spiro atoms. The molecule has 0 aliphatic carbocycles. The monoisotopic (exact) mass is 491 g/mol. The number of thiophene rings is 1. The number of carbonyl (C=O) groups is 1. The number of hydrogen-bond acceptors (Lipinski definition) is 6. The number of anilines is 1. The second-order valence-corrected chi connectivity index (χ2v) is 9.06. The fourth-order valence-electron chi connectivity index (χ4n) is 4.21. The summed E-state index contributed by atoms with van der Waals surface area (Å²) in [5.41, 5.74) is 3.47. The van der Waals surface area contributed by atoms with Crippen LogP contribution in [0.4, 0.5) is 5.69 Å². The number of nitrogens with zero attached hydrogens (tertiary/aromatic N) is 4. The van der Waals surface area contributed by atoms with E-state index < -0.39 is 0 Å². The number of ether oxygens (including phenoxy) is 1. The molecule has 3 aromatic carbocycles. The van der Waals surface area contributed by atoms with Crippen molar-refractivity contribution in [1.82, 2.24) is 19.8 Å². The molecule has 36 heavy (non-hydrogen) atoms. The van der Waals surface area contributed by atoms with E-state index in [4.69, 9.17) is 9.84 Å². The van der Waals surface area contributed by atoms with Crippen LogP contribution < -0.4 is 10.1 Å². The van der Waals surface area contributed by atoms with E-state index in [1.807, 2.05) is 97.2 Å². The van der Waals surface area contributed by atoms with E-state index in [1.165, 1.54) is 0 Å². The molecule has 176 valence electrons. The van der Waals surface area contributed by atoms with Crippen LogP contribution in [-0.2, 0) is 0 Å². The van der Waals surface area contributed by atoms with Gasteiger partial charge in [-0.1, -0.05) is 48.5 Å². The van der Waals surface area contributed by atoms with Gasteiger partial charge in [-0.05, 0) is 59.5 Å². The third-order valence-corrected chi connectivity index (χ3v) is 6.70. The van der Waals surface area contributed by atoms with Crippen molar-refractivity contribution in [2.45, 2.75) is 6.92 Å². The molecule has 8 heteroatoms. The van der Waals surface area contributed by atoms with Crippen LogP contribution in [0.1, 0.15) is 17.3 Å². The zero-order valence-corrected chi connectivity index (χ0v) is 20.2. The summed E-state index contributed by atoms with van der Waals surface area (Å²) in [6, 6.07) is 27.0. The molecule has 3 aromatic heterocycles. The summed E-state index contributed by atoms with van der Waals surface area (Å²) < 4.78 is 7.53. The highest BCUT2D eigenvalue weighted by molar-refractivity contribution is 7.13. The molecule has 0 fully saturated rings. The van der Waals surface area contributed by atoms with Crippen LogP contribution in [0.25, 0.3) is 38.4 Å². The van der Waals surface area contributed by atoms with Gasteiger partial charge >= 0.3 is 0 Å². The number of hydrogen-bond donors (Lipinski definition) is 1. The average Bonchev–Trinajstić information content (AvgIpc) is 3.58. The summed E-state index contributed by atoms with van der Waals surface area (Å²) in [6.07, 6.45) is 0. The lowest BCUT2D eigenvalue weighted by Gasteiger charge is -2.14. The first-order valence-corrected chi connectivity index (χ1v) is 12.4. The molecule has 0 aliphatic rings. The third-order valence-electron chi connectivity index (χ3n) is 5.84. The minimum Gasteiger partial charge on any atom is -0.493 e. The highest BCUT2D eigenvalue weighted by atomic mass is 32.1. The Labute approximate surface area is 211 Å². The van der Waals surface area contributed by atoms with Crippen LogP contribution in [0.5, 0.6) is 5.75 Å². The number of fused-ring (bicyclic) bond motifs is 2. The molecule has 0 saturated heterocycles. The molecule has 0 bridgehead atoms. The van der Waals surface area contributed by atoms with E-state index in [9.17, 15) is 4.79 Å². The van der Waals surface area contributed by atoms with E-state index in [0.717, 1.165) is 26.9 Å². The first kappa shape index (κ1) is 21.9. The number of carbonyl (C=O) groups excluding carboxylic acids is 1. The topological polar surface area (TPSA) is 81.4 Å². The zero-order valence-electron chi connectivity index (χ0n) is 19.4. The first-order chi connectivity index (χ1) is 17.7. The van der Waals surface area contributed by atoms with E-state index in [-0.39, 0.29) is 5.91 Å². The quantitative estimate of drug-likeness (QED) is 0.295. The normalized spacial score (nSPS) is 11.1. The first-order valence-electron chi connectivity index (χ1n) is 11.5. The largest absolute Gasteiger partial charge is 0.493 e. The van der Waals surface area contributed by atoms with E-state index in [2.05, 4.69) is 15.5 Å². The molecule has 0 aliphatic heterocycles. The Morgan fingerprint density at radius 1 is 0.972 bits per heavy atom. The lowest BCUT2D eigenvalue weighted by molar-refractivity contribution is 0.102. The van der Waals surface area contributed by atoms with Crippen LogP contribution in [-0.4, -0.2) is 32.3 Å². The number of benzene rings is 3. The maximum atomic E-state index is 13.5. The molecule has 6 rings (SSSR count). The van der Waals surface area contributed by atoms with Gasteiger partial charge in [0.25, 0.3) is 5.91 Å². The van der Waals surface area contributed by atoms with Crippen molar-refractivity contribution in [3.8, 4) is 27.7 Å². The van der Waals surface area contributed by atoms with Crippen molar-refractivity contribution >= 4 is 39.4 Å². The Kier molecular flexibility index (Phi) is 5.63. The Morgan fingerprint density at radius 3 is 2.75 bits per heavy atom. The van der Waals surface area contributed by atoms with Gasteiger partial charge in [0.2, 0.25) is 0 Å². The van der Waals surface area contributed by atoms with Crippen molar-refractivity contribution < 1.29 is 9.53 Å². The van der Waals surface area contributed by atoms with E-state index in [0.29, 0.717) is 35.1 Å². The van der Waals surface area contributed by atoms with Gasteiger partial charge in [-0.25, -0.2) is 0 Å². The molecule has 1 amide bonds. The summed E-state index contributed by atoms with van der Waals surface area (Å²) in [5.74, 6) is 1.03. The summed E-state index contributed by atoms with van der Waals surface area (Å²) in [5, 5.41) is 20.2. The van der Waals surface area contributed by atoms with Crippen LogP contribution in [0, 0.1) is 0 Å². The fourth-order valence-corrected chi connectivity index (χ4v) is 4.91. The highest BCUT2D eigenvalue weighted by Gasteiger charge is 2.18. The second kappa shape index (κ2) is 9.24. The average molecular weight is 492 g/mol. The van der Waals surface area contributed by atoms with Gasteiger partial charge in [0.1, 0.15) is 5.75 Å². The van der Waals surface area contributed by atoms with Gasteiger partial charge in [0, 0.05) is 11.3 Å². The predicted octanol–water partition coefficient (Wildman–Crippen LogP) is 6.32. The van der Waals surface area contributed by atoms with Crippen molar-refractivity contribution in [2.24, 2.45) is 0 Å². The van der Waals surface area contributed by atoms with Gasteiger partial charge in [-0.15, -0.1) is 21.5 Å². The van der Waals surface area contributed by atoms with Crippen molar-refractivity contribution in [1.29, 1.82) is 0 Å². The maximum absolute atomic E-state index is 13.5. The Morgan fingerprint density at radius 2 is 1.89 bits per heavy atom. The van der Waals surface area contributed by atoms with Gasteiger partial charge < -0.3 is 10.1 Å². The van der Waals surface area contributed by atoms with Crippen LogP contribution in [0.2, 0.25) is 0 Å². The molecular weight excluding hydrogens is 470 g/mol. The number of nitrogens with one attached hydrogen (secondary N) is 1. The fraction of sp³-hybridized carbons (Fsp3) is 0.0714. The van der Waals surface area contributed by atoms with Crippen LogP contribution in [0.3, 0.4) is 0 Å². The van der Waals surface area contributed by atoms with Gasteiger partial charge in [0.15, 0.2) is 11.5 Å². The number of rotatable bonds is 6.